The summed E-state index contributed by atoms with van der Waals surface area (Å²) in [5.41, 5.74) is -0.143. The minimum atomic E-state index is -0.615. The van der Waals surface area contributed by atoms with Crippen molar-refractivity contribution in [2.24, 2.45) is 0 Å². The summed E-state index contributed by atoms with van der Waals surface area (Å²) in [7, 11) is 0. The molecule has 1 aliphatic rings. The van der Waals surface area contributed by atoms with Crippen molar-refractivity contribution in [2.75, 3.05) is 38.0 Å². The van der Waals surface area contributed by atoms with Crippen LogP contribution in [0.1, 0.15) is 5.56 Å². The number of anilines is 1. The van der Waals surface area contributed by atoms with Crippen LogP contribution in [-0.4, -0.2) is 48.5 Å². The maximum Gasteiger partial charge on any atom is 0.309 e. The van der Waals surface area contributed by atoms with E-state index in [9.17, 15) is 14.9 Å². The van der Waals surface area contributed by atoms with E-state index in [1.807, 2.05) is 0 Å². The van der Waals surface area contributed by atoms with Gasteiger partial charge in [0.2, 0.25) is 5.91 Å². The van der Waals surface area contributed by atoms with Crippen molar-refractivity contribution >= 4 is 17.3 Å². The molecule has 1 aliphatic heterocycles. The van der Waals surface area contributed by atoms with E-state index in [-0.39, 0.29) is 29.4 Å². The summed E-state index contributed by atoms with van der Waals surface area (Å²) >= 11 is 0. The number of nitro benzene ring substituents is 1. The molecule has 21 heavy (non-hydrogen) atoms. The van der Waals surface area contributed by atoms with Crippen LogP contribution in [0, 0.1) is 21.4 Å². The molecule has 2 rings (SSSR count). The predicted molar refractivity (Wildman–Crippen MR) is 75.8 cm³/mol. The minimum absolute atomic E-state index is 0.0281. The third kappa shape index (κ3) is 3.46. The van der Waals surface area contributed by atoms with Crippen LogP contribution in [0.5, 0.6) is 0 Å². The van der Waals surface area contributed by atoms with Crippen LogP contribution in [0.3, 0.4) is 0 Å². The quantitative estimate of drug-likeness (QED) is 0.609. The largest absolute Gasteiger partial charge is 0.371 e. The Balaban J connectivity index is 2.08. The number of carbonyl (C=O) groups is 1. The molecule has 0 aliphatic carbocycles. The number of nitrogens with one attached hydrogen (secondary N) is 2. The standard InChI is InChI=1S/C13H15N5O3/c14-8-10-2-1-3-11(13(10)18(20)21)16-9-12(19)17-6-4-15-5-7-17/h1-3,15-16H,4-7,9H2. The molecule has 0 unspecified atom stereocenters. The molecule has 0 bridgehead atoms. The van der Waals surface area contributed by atoms with Crippen molar-refractivity contribution in [1.82, 2.24) is 10.2 Å². The van der Waals surface area contributed by atoms with Gasteiger partial charge in [0, 0.05) is 26.2 Å². The number of rotatable bonds is 4. The molecule has 8 heteroatoms. The highest BCUT2D eigenvalue weighted by Crippen LogP contribution is 2.27. The van der Waals surface area contributed by atoms with Gasteiger partial charge in [-0.05, 0) is 12.1 Å². The normalized spacial score (nSPS) is 14.3. The highest BCUT2D eigenvalue weighted by atomic mass is 16.6. The van der Waals surface area contributed by atoms with Gasteiger partial charge in [0.1, 0.15) is 17.3 Å². The average Bonchev–Trinajstić information content (AvgIpc) is 2.52. The van der Waals surface area contributed by atoms with Gasteiger partial charge in [-0.1, -0.05) is 6.07 Å². The van der Waals surface area contributed by atoms with E-state index in [1.165, 1.54) is 12.1 Å². The van der Waals surface area contributed by atoms with Crippen molar-refractivity contribution in [3.8, 4) is 6.07 Å². The molecule has 1 aromatic carbocycles. The lowest BCUT2D eigenvalue weighted by Gasteiger charge is -2.27. The second-order valence-corrected chi connectivity index (χ2v) is 4.55. The maximum absolute atomic E-state index is 12.0. The highest BCUT2D eigenvalue weighted by molar-refractivity contribution is 5.82. The highest BCUT2D eigenvalue weighted by Gasteiger charge is 2.21. The number of nitro groups is 1. The Morgan fingerprint density at radius 2 is 2.19 bits per heavy atom. The lowest BCUT2D eigenvalue weighted by atomic mass is 10.1. The van der Waals surface area contributed by atoms with Crippen LogP contribution in [0.2, 0.25) is 0 Å². The van der Waals surface area contributed by atoms with E-state index in [0.29, 0.717) is 13.1 Å². The second kappa shape index (κ2) is 6.67. The maximum atomic E-state index is 12.0. The summed E-state index contributed by atoms with van der Waals surface area (Å²) in [5, 5.41) is 25.9. The van der Waals surface area contributed by atoms with Gasteiger partial charge in [0.15, 0.2) is 0 Å². The van der Waals surface area contributed by atoms with Gasteiger partial charge in [-0.2, -0.15) is 5.26 Å². The topological polar surface area (TPSA) is 111 Å². The Bertz CT molecular complexity index is 590. The van der Waals surface area contributed by atoms with Crippen molar-refractivity contribution in [2.45, 2.75) is 0 Å². The van der Waals surface area contributed by atoms with Crippen molar-refractivity contribution in [1.29, 1.82) is 5.26 Å². The molecule has 1 heterocycles. The van der Waals surface area contributed by atoms with Crippen LogP contribution in [0.4, 0.5) is 11.4 Å². The Hall–Kier alpha value is -2.66. The summed E-state index contributed by atoms with van der Waals surface area (Å²) in [4.78, 5) is 24.1. The zero-order chi connectivity index (χ0) is 15.2. The number of amides is 1. The van der Waals surface area contributed by atoms with E-state index in [2.05, 4.69) is 10.6 Å². The predicted octanol–water partition coefficient (Wildman–Crippen LogP) is 0.310. The van der Waals surface area contributed by atoms with E-state index in [1.54, 1.807) is 17.0 Å². The van der Waals surface area contributed by atoms with Crippen molar-refractivity contribution < 1.29 is 9.72 Å². The lowest BCUT2D eigenvalue weighted by molar-refractivity contribution is -0.384. The number of piperazine rings is 1. The van der Waals surface area contributed by atoms with Crippen LogP contribution in [0.25, 0.3) is 0 Å². The van der Waals surface area contributed by atoms with Crippen LogP contribution in [0.15, 0.2) is 18.2 Å². The third-order valence-corrected chi connectivity index (χ3v) is 3.24. The van der Waals surface area contributed by atoms with Crippen LogP contribution < -0.4 is 10.6 Å². The van der Waals surface area contributed by atoms with E-state index >= 15 is 0 Å². The minimum Gasteiger partial charge on any atom is -0.371 e. The van der Waals surface area contributed by atoms with Gasteiger partial charge in [-0.15, -0.1) is 0 Å². The smallest absolute Gasteiger partial charge is 0.309 e. The fourth-order valence-electron chi connectivity index (χ4n) is 2.17. The fourth-order valence-corrected chi connectivity index (χ4v) is 2.17. The van der Waals surface area contributed by atoms with Crippen LogP contribution >= 0.6 is 0 Å². The molecule has 0 radical (unpaired) electrons. The van der Waals surface area contributed by atoms with Gasteiger partial charge in [-0.25, -0.2) is 0 Å². The number of para-hydroxylation sites is 1. The summed E-state index contributed by atoms with van der Waals surface area (Å²) in [6, 6.07) is 6.19. The summed E-state index contributed by atoms with van der Waals surface area (Å²) in [6.07, 6.45) is 0. The first-order valence-electron chi connectivity index (χ1n) is 6.53. The molecule has 2 N–H and O–H groups in total. The van der Waals surface area contributed by atoms with Gasteiger partial charge < -0.3 is 15.5 Å². The molecule has 1 fully saturated rings. The number of nitriles is 1. The summed E-state index contributed by atoms with van der Waals surface area (Å²) in [6.45, 7) is 2.71. The molecule has 0 saturated carbocycles. The summed E-state index contributed by atoms with van der Waals surface area (Å²) in [5.74, 6) is -0.117. The number of nitrogens with zero attached hydrogens (tertiary/aromatic N) is 3. The Morgan fingerprint density at radius 3 is 2.81 bits per heavy atom. The van der Waals surface area contributed by atoms with Gasteiger partial charge in [0.05, 0.1) is 11.5 Å². The molecule has 8 nitrogen and oxygen atoms in total. The monoisotopic (exact) mass is 289 g/mol. The molecular formula is C13H15N5O3. The molecule has 1 saturated heterocycles. The van der Waals surface area contributed by atoms with E-state index in [4.69, 9.17) is 5.26 Å². The summed E-state index contributed by atoms with van der Waals surface area (Å²) < 4.78 is 0. The van der Waals surface area contributed by atoms with Crippen molar-refractivity contribution in [3.05, 3.63) is 33.9 Å². The first-order chi connectivity index (χ1) is 10.1. The molecule has 1 aromatic rings. The Kier molecular flexibility index (Phi) is 4.68. The van der Waals surface area contributed by atoms with Gasteiger partial charge >= 0.3 is 5.69 Å². The molecule has 1 amide bonds. The van der Waals surface area contributed by atoms with Crippen LogP contribution in [-0.2, 0) is 4.79 Å². The van der Waals surface area contributed by atoms with Crippen molar-refractivity contribution in [3.63, 3.8) is 0 Å². The number of carbonyl (C=O) groups excluding carboxylic acids is 1. The number of hydrogen-bond acceptors (Lipinski definition) is 6. The molecule has 0 atom stereocenters. The fraction of sp³-hybridized carbons (Fsp3) is 0.385. The molecule has 0 spiro atoms. The molecule has 0 aromatic heterocycles. The zero-order valence-corrected chi connectivity index (χ0v) is 11.3. The Labute approximate surface area is 121 Å². The third-order valence-electron chi connectivity index (χ3n) is 3.24. The van der Waals surface area contributed by atoms with E-state index in [0.717, 1.165) is 13.1 Å². The molecule has 110 valence electrons. The second-order valence-electron chi connectivity index (χ2n) is 4.55. The van der Waals surface area contributed by atoms with Gasteiger partial charge in [0.25, 0.3) is 0 Å². The number of hydrogen-bond donors (Lipinski definition) is 2. The van der Waals surface area contributed by atoms with E-state index < -0.39 is 4.92 Å². The first kappa shape index (κ1) is 14.7. The Morgan fingerprint density at radius 1 is 1.48 bits per heavy atom. The zero-order valence-electron chi connectivity index (χ0n) is 11.3. The SMILES string of the molecule is N#Cc1cccc(NCC(=O)N2CCNCC2)c1[N+](=O)[O-]. The lowest BCUT2D eigenvalue weighted by Crippen LogP contribution is -2.48. The number of benzene rings is 1. The first-order valence-corrected chi connectivity index (χ1v) is 6.53. The average molecular weight is 289 g/mol. The van der Waals surface area contributed by atoms with Gasteiger partial charge in [-0.3, -0.25) is 14.9 Å². The molecular weight excluding hydrogens is 274 g/mol.